The monoisotopic (exact) mass is 379 g/mol. The van der Waals surface area contributed by atoms with Crippen LogP contribution in [0.25, 0.3) is 0 Å². The van der Waals surface area contributed by atoms with Crippen molar-refractivity contribution in [1.82, 2.24) is 14.8 Å². The maximum absolute atomic E-state index is 13.3. The lowest BCUT2D eigenvalue weighted by atomic mass is 9.78. The van der Waals surface area contributed by atoms with Gasteiger partial charge in [0, 0.05) is 25.3 Å². The van der Waals surface area contributed by atoms with Crippen LogP contribution in [0.1, 0.15) is 36.2 Å². The standard InChI is InChI=1S/C23H29N3O2/c1-18-5-3-6-20(24-18)16-26-14-12-23(22(26)27)11-4-13-25(17-23)15-19-7-9-21(28-2)10-8-19/h3,5-10H,4,11-17H2,1-2H3/t23-/m0/s1. The summed E-state index contributed by atoms with van der Waals surface area (Å²) in [4.78, 5) is 22.3. The van der Waals surface area contributed by atoms with Gasteiger partial charge in [0.25, 0.3) is 0 Å². The summed E-state index contributed by atoms with van der Waals surface area (Å²) in [6.07, 6.45) is 3.04. The van der Waals surface area contributed by atoms with Crippen LogP contribution < -0.4 is 4.74 Å². The highest BCUT2D eigenvalue weighted by atomic mass is 16.5. The molecule has 2 saturated heterocycles. The molecule has 0 bridgehead atoms. The summed E-state index contributed by atoms with van der Waals surface area (Å²) in [6, 6.07) is 14.3. The van der Waals surface area contributed by atoms with Gasteiger partial charge in [-0.2, -0.15) is 0 Å². The quantitative estimate of drug-likeness (QED) is 0.799. The minimum atomic E-state index is -0.214. The van der Waals surface area contributed by atoms with Crippen LogP contribution in [-0.2, 0) is 17.9 Å². The Kier molecular flexibility index (Phi) is 5.36. The van der Waals surface area contributed by atoms with Crippen LogP contribution in [-0.4, -0.2) is 47.4 Å². The Morgan fingerprint density at radius 3 is 2.64 bits per heavy atom. The number of nitrogens with zero attached hydrogens (tertiary/aromatic N) is 3. The van der Waals surface area contributed by atoms with E-state index in [1.165, 1.54) is 5.56 Å². The average molecular weight is 380 g/mol. The van der Waals surface area contributed by atoms with Gasteiger partial charge in [-0.3, -0.25) is 14.7 Å². The van der Waals surface area contributed by atoms with Gasteiger partial charge in [-0.15, -0.1) is 0 Å². The third-order valence-corrected chi connectivity index (χ3v) is 6.12. The summed E-state index contributed by atoms with van der Waals surface area (Å²) in [6.45, 7) is 6.26. The van der Waals surface area contributed by atoms with Gasteiger partial charge >= 0.3 is 0 Å². The first-order chi connectivity index (χ1) is 13.6. The molecule has 1 amide bonds. The molecule has 148 valence electrons. The van der Waals surface area contributed by atoms with Crippen molar-refractivity contribution in [2.45, 2.75) is 39.3 Å². The molecule has 5 heteroatoms. The number of methoxy groups -OCH3 is 1. The summed E-state index contributed by atoms with van der Waals surface area (Å²) < 4.78 is 5.25. The molecule has 0 radical (unpaired) electrons. The Balaban J connectivity index is 1.41. The predicted octanol–water partition coefficient (Wildman–Crippen LogP) is 3.41. The van der Waals surface area contributed by atoms with Crippen molar-refractivity contribution >= 4 is 5.91 Å². The first kappa shape index (κ1) is 18.9. The average Bonchev–Trinajstić information content (AvgIpc) is 2.98. The lowest BCUT2D eigenvalue weighted by Gasteiger charge is -2.39. The Labute approximate surface area is 167 Å². The van der Waals surface area contributed by atoms with E-state index >= 15 is 0 Å². The number of pyridine rings is 1. The zero-order valence-electron chi connectivity index (χ0n) is 16.9. The van der Waals surface area contributed by atoms with Crippen LogP contribution in [0, 0.1) is 12.3 Å². The second-order valence-corrected chi connectivity index (χ2v) is 8.19. The van der Waals surface area contributed by atoms with Gasteiger partial charge in [0.15, 0.2) is 0 Å². The van der Waals surface area contributed by atoms with Crippen molar-refractivity contribution in [2.24, 2.45) is 5.41 Å². The molecule has 1 aromatic heterocycles. The van der Waals surface area contributed by atoms with E-state index in [1.807, 2.05) is 42.2 Å². The molecule has 3 heterocycles. The van der Waals surface area contributed by atoms with E-state index in [9.17, 15) is 4.79 Å². The highest BCUT2D eigenvalue weighted by Gasteiger charge is 2.48. The van der Waals surface area contributed by atoms with Crippen LogP contribution in [0.2, 0.25) is 0 Å². The summed E-state index contributed by atoms with van der Waals surface area (Å²) in [5.41, 5.74) is 3.04. The SMILES string of the molecule is COc1ccc(CN2CCC[C@]3(CCN(Cc4cccc(C)n4)C3=O)C2)cc1. The van der Waals surface area contributed by atoms with Gasteiger partial charge < -0.3 is 9.64 Å². The number of aromatic nitrogens is 1. The fourth-order valence-corrected chi connectivity index (χ4v) is 4.66. The Morgan fingerprint density at radius 1 is 1.07 bits per heavy atom. The highest BCUT2D eigenvalue weighted by molar-refractivity contribution is 5.85. The van der Waals surface area contributed by atoms with Crippen molar-refractivity contribution < 1.29 is 9.53 Å². The smallest absolute Gasteiger partial charge is 0.230 e. The van der Waals surface area contributed by atoms with Crippen molar-refractivity contribution in [3.8, 4) is 5.75 Å². The van der Waals surface area contributed by atoms with E-state index in [2.05, 4.69) is 22.0 Å². The molecule has 5 nitrogen and oxygen atoms in total. The van der Waals surface area contributed by atoms with E-state index in [1.54, 1.807) is 7.11 Å². The Hall–Kier alpha value is -2.40. The third-order valence-electron chi connectivity index (χ3n) is 6.12. The van der Waals surface area contributed by atoms with E-state index in [4.69, 9.17) is 4.74 Å². The molecule has 0 N–H and O–H groups in total. The van der Waals surface area contributed by atoms with Gasteiger partial charge in [-0.05, 0) is 62.6 Å². The number of aryl methyl sites for hydroxylation is 1. The molecule has 0 unspecified atom stereocenters. The van der Waals surface area contributed by atoms with E-state index in [-0.39, 0.29) is 5.41 Å². The maximum Gasteiger partial charge on any atom is 0.230 e. The number of rotatable bonds is 5. The molecule has 28 heavy (non-hydrogen) atoms. The first-order valence-corrected chi connectivity index (χ1v) is 10.2. The van der Waals surface area contributed by atoms with Crippen LogP contribution in [0.3, 0.4) is 0 Å². The molecule has 2 aliphatic rings. The zero-order valence-corrected chi connectivity index (χ0v) is 16.9. The number of amides is 1. The first-order valence-electron chi connectivity index (χ1n) is 10.2. The van der Waals surface area contributed by atoms with Crippen molar-refractivity contribution in [3.63, 3.8) is 0 Å². The number of carbonyl (C=O) groups is 1. The van der Waals surface area contributed by atoms with Crippen LogP contribution >= 0.6 is 0 Å². The Morgan fingerprint density at radius 2 is 1.89 bits per heavy atom. The summed E-state index contributed by atoms with van der Waals surface area (Å²) in [5.74, 6) is 1.19. The molecule has 0 saturated carbocycles. The lowest BCUT2D eigenvalue weighted by Crippen LogP contribution is -2.47. The van der Waals surface area contributed by atoms with E-state index in [0.717, 1.165) is 62.6 Å². The van der Waals surface area contributed by atoms with Crippen LogP contribution in [0.15, 0.2) is 42.5 Å². The summed E-state index contributed by atoms with van der Waals surface area (Å²) >= 11 is 0. The lowest BCUT2D eigenvalue weighted by molar-refractivity contribution is -0.139. The minimum Gasteiger partial charge on any atom is -0.497 e. The van der Waals surface area contributed by atoms with Crippen LogP contribution in [0.5, 0.6) is 5.75 Å². The maximum atomic E-state index is 13.3. The largest absolute Gasteiger partial charge is 0.497 e. The second kappa shape index (κ2) is 7.92. The summed E-state index contributed by atoms with van der Waals surface area (Å²) in [7, 11) is 1.69. The van der Waals surface area contributed by atoms with Gasteiger partial charge in [0.1, 0.15) is 5.75 Å². The number of piperidine rings is 1. The molecule has 2 aromatic rings. The molecular weight excluding hydrogens is 350 g/mol. The molecular formula is C23H29N3O2. The van der Waals surface area contributed by atoms with Gasteiger partial charge in [0.05, 0.1) is 24.8 Å². The Bertz CT molecular complexity index is 836. The number of likely N-dealkylation sites (tertiary alicyclic amines) is 2. The fourth-order valence-electron chi connectivity index (χ4n) is 4.66. The third kappa shape index (κ3) is 3.90. The predicted molar refractivity (Wildman–Crippen MR) is 109 cm³/mol. The van der Waals surface area contributed by atoms with Crippen molar-refractivity contribution in [3.05, 3.63) is 59.4 Å². The summed E-state index contributed by atoms with van der Waals surface area (Å²) in [5, 5.41) is 0. The van der Waals surface area contributed by atoms with Crippen LogP contribution in [0.4, 0.5) is 0 Å². The number of carbonyl (C=O) groups excluding carboxylic acids is 1. The van der Waals surface area contributed by atoms with Gasteiger partial charge in [-0.25, -0.2) is 0 Å². The van der Waals surface area contributed by atoms with Gasteiger partial charge in [-0.1, -0.05) is 18.2 Å². The zero-order chi connectivity index (χ0) is 19.6. The van der Waals surface area contributed by atoms with E-state index < -0.39 is 0 Å². The molecule has 4 rings (SSSR count). The van der Waals surface area contributed by atoms with Crippen molar-refractivity contribution in [2.75, 3.05) is 26.7 Å². The molecule has 2 fully saturated rings. The highest BCUT2D eigenvalue weighted by Crippen LogP contribution is 2.41. The topological polar surface area (TPSA) is 45.7 Å². The number of ether oxygens (including phenoxy) is 1. The van der Waals surface area contributed by atoms with Gasteiger partial charge in [0.2, 0.25) is 5.91 Å². The normalized spacial score (nSPS) is 22.8. The molecule has 1 aromatic carbocycles. The number of benzene rings is 1. The van der Waals surface area contributed by atoms with E-state index in [0.29, 0.717) is 12.5 Å². The van der Waals surface area contributed by atoms with Crippen molar-refractivity contribution in [1.29, 1.82) is 0 Å². The number of hydrogen-bond acceptors (Lipinski definition) is 4. The number of hydrogen-bond donors (Lipinski definition) is 0. The minimum absolute atomic E-state index is 0.214. The molecule has 2 aliphatic heterocycles. The molecule has 1 spiro atoms. The molecule has 0 aliphatic carbocycles. The molecule has 1 atom stereocenters. The fraction of sp³-hybridized carbons (Fsp3) is 0.478. The second-order valence-electron chi connectivity index (χ2n) is 8.19.